The highest BCUT2D eigenvalue weighted by atomic mass is 19.1. The molecule has 1 amide bonds. The maximum Gasteiger partial charge on any atom is 0.407 e. The molecule has 3 aromatic carbocycles. The zero-order chi connectivity index (χ0) is 23.4. The molecule has 0 spiro atoms. The number of rotatable bonds is 8. The number of carboxylic acids is 1. The number of aliphatic carboxylic acids is 1. The summed E-state index contributed by atoms with van der Waals surface area (Å²) in [5.74, 6) is -2.61. The zero-order valence-corrected chi connectivity index (χ0v) is 17.8. The third-order valence-corrected chi connectivity index (χ3v) is 5.78. The highest BCUT2D eigenvalue weighted by Crippen LogP contribution is 2.44. The Bertz CT molecular complexity index is 1110. The first kappa shape index (κ1) is 22.5. The lowest BCUT2D eigenvalue weighted by Gasteiger charge is -2.20. The number of fused-ring (bicyclic) bond motifs is 3. The highest BCUT2D eigenvalue weighted by Gasteiger charge is 2.29. The third-order valence-electron chi connectivity index (χ3n) is 5.78. The Morgan fingerprint density at radius 3 is 2.09 bits per heavy atom. The van der Waals surface area contributed by atoms with Crippen molar-refractivity contribution in [2.24, 2.45) is 0 Å². The van der Waals surface area contributed by atoms with E-state index in [9.17, 15) is 18.4 Å². The van der Waals surface area contributed by atoms with E-state index < -0.39 is 29.7 Å². The molecule has 0 saturated heterocycles. The van der Waals surface area contributed by atoms with Crippen LogP contribution in [0, 0.1) is 11.6 Å². The SMILES string of the molecule is O=C(O)CCC(Cc1cc(F)cc(F)c1)NC(=O)OCC1c2ccccc2-c2ccccc21. The number of halogens is 2. The molecule has 0 aromatic heterocycles. The number of benzene rings is 3. The van der Waals surface area contributed by atoms with Crippen molar-refractivity contribution < 1.29 is 28.2 Å². The number of carbonyl (C=O) groups excluding carboxylic acids is 1. The first-order valence-electron chi connectivity index (χ1n) is 10.7. The van der Waals surface area contributed by atoms with Crippen LogP contribution in [0.5, 0.6) is 0 Å². The van der Waals surface area contributed by atoms with Crippen LogP contribution >= 0.6 is 0 Å². The fourth-order valence-electron chi connectivity index (χ4n) is 4.34. The Morgan fingerprint density at radius 1 is 0.939 bits per heavy atom. The number of hydrogen-bond acceptors (Lipinski definition) is 3. The van der Waals surface area contributed by atoms with E-state index in [2.05, 4.69) is 5.32 Å². The Kier molecular flexibility index (Phi) is 6.68. The smallest absolute Gasteiger partial charge is 0.407 e. The molecule has 0 saturated carbocycles. The third kappa shape index (κ3) is 5.37. The summed E-state index contributed by atoms with van der Waals surface area (Å²) in [5, 5.41) is 11.7. The maximum absolute atomic E-state index is 13.5. The predicted octanol–water partition coefficient (Wildman–Crippen LogP) is 5.28. The molecule has 170 valence electrons. The minimum Gasteiger partial charge on any atom is -0.481 e. The standard InChI is InChI=1S/C26H23F2NO4/c27-17-11-16(12-18(28)14-17)13-19(9-10-25(30)31)29-26(32)33-15-24-22-7-3-1-5-20(22)21-6-2-4-8-23(21)24/h1-8,11-12,14,19,24H,9-10,13,15H2,(H,29,32)(H,30,31). The van der Waals surface area contributed by atoms with Crippen molar-refractivity contribution in [1.29, 1.82) is 0 Å². The predicted molar refractivity (Wildman–Crippen MR) is 119 cm³/mol. The summed E-state index contributed by atoms with van der Waals surface area (Å²) >= 11 is 0. The van der Waals surface area contributed by atoms with Crippen LogP contribution in [0.3, 0.4) is 0 Å². The van der Waals surface area contributed by atoms with Crippen molar-refractivity contribution in [2.45, 2.75) is 31.2 Å². The fraction of sp³-hybridized carbons (Fsp3) is 0.231. The Labute approximate surface area is 190 Å². The molecule has 1 atom stereocenters. The summed E-state index contributed by atoms with van der Waals surface area (Å²) in [6.07, 6.45) is -0.736. The number of carboxylic acid groups (broad SMARTS) is 1. The Balaban J connectivity index is 1.43. The van der Waals surface area contributed by atoms with Crippen molar-refractivity contribution >= 4 is 12.1 Å². The molecule has 1 unspecified atom stereocenters. The van der Waals surface area contributed by atoms with E-state index in [4.69, 9.17) is 9.84 Å². The van der Waals surface area contributed by atoms with E-state index in [1.807, 2.05) is 48.5 Å². The van der Waals surface area contributed by atoms with Crippen molar-refractivity contribution in [1.82, 2.24) is 5.32 Å². The van der Waals surface area contributed by atoms with E-state index in [0.29, 0.717) is 5.56 Å². The van der Waals surface area contributed by atoms with Gasteiger partial charge in [0.05, 0.1) is 0 Å². The molecular formula is C26H23F2NO4. The van der Waals surface area contributed by atoms with Crippen molar-refractivity contribution in [3.63, 3.8) is 0 Å². The number of carbonyl (C=O) groups is 2. The average Bonchev–Trinajstić information content (AvgIpc) is 3.09. The van der Waals surface area contributed by atoms with Crippen LogP contribution in [0.4, 0.5) is 13.6 Å². The van der Waals surface area contributed by atoms with Crippen molar-refractivity contribution in [2.75, 3.05) is 6.61 Å². The zero-order valence-electron chi connectivity index (χ0n) is 17.8. The number of amides is 1. The van der Waals surface area contributed by atoms with Crippen LogP contribution in [0.25, 0.3) is 11.1 Å². The van der Waals surface area contributed by atoms with Crippen LogP contribution < -0.4 is 5.32 Å². The Morgan fingerprint density at radius 2 is 1.52 bits per heavy atom. The van der Waals surface area contributed by atoms with E-state index in [-0.39, 0.29) is 31.8 Å². The molecule has 7 heteroatoms. The quantitative estimate of drug-likeness (QED) is 0.489. The maximum atomic E-state index is 13.5. The molecule has 2 N–H and O–H groups in total. The molecule has 33 heavy (non-hydrogen) atoms. The summed E-state index contributed by atoms with van der Waals surface area (Å²) in [7, 11) is 0. The lowest BCUT2D eigenvalue weighted by atomic mass is 9.98. The van der Waals surface area contributed by atoms with Gasteiger partial charge in [0, 0.05) is 24.4 Å². The Hall–Kier alpha value is -3.74. The van der Waals surface area contributed by atoms with Crippen LogP contribution in [0.15, 0.2) is 66.7 Å². The fourth-order valence-corrected chi connectivity index (χ4v) is 4.34. The normalized spacial score (nSPS) is 13.2. The molecule has 0 bridgehead atoms. The number of ether oxygens (including phenoxy) is 1. The molecular weight excluding hydrogens is 428 g/mol. The second kappa shape index (κ2) is 9.81. The van der Waals surface area contributed by atoms with Gasteiger partial charge in [0.15, 0.2) is 0 Å². The lowest BCUT2D eigenvalue weighted by Crippen LogP contribution is -2.37. The average molecular weight is 451 g/mol. The van der Waals surface area contributed by atoms with Crippen LogP contribution in [-0.2, 0) is 16.0 Å². The molecule has 0 radical (unpaired) electrons. The van der Waals surface area contributed by atoms with Gasteiger partial charge in [0.1, 0.15) is 18.2 Å². The number of nitrogens with one attached hydrogen (secondary N) is 1. The molecule has 4 rings (SSSR count). The van der Waals surface area contributed by atoms with Gasteiger partial charge in [-0.3, -0.25) is 4.79 Å². The number of hydrogen-bond donors (Lipinski definition) is 2. The van der Waals surface area contributed by atoms with Gasteiger partial charge in [0.25, 0.3) is 0 Å². The second-order valence-corrected chi connectivity index (χ2v) is 8.08. The summed E-state index contributed by atoms with van der Waals surface area (Å²) in [6, 6.07) is 18.3. The number of alkyl carbamates (subject to hydrolysis) is 1. The molecule has 5 nitrogen and oxygen atoms in total. The lowest BCUT2D eigenvalue weighted by molar-refractivity contribution is -0.137. The topological polar surface area (TPSA) is 75.6 Å². The summed E-state index contributed by atoms with van der Waals surface area (Å²) in [5.41, 5.74) is 4.68. The van der Waals surface area contributed by atoms with Crippen molar-refractivity contribution in [3.8, 4) is 11.1 Å². The first-order chi connectivity index (χ1) is 15.9. The van der Waals surface area contributed by atoms with Gasteiger partial charge in [-0.2, -0.15) is 0 Å². The summed E-state index contributed by atoms with van der Waals surface area (Å²) in [4.78, 5) is 23.6. The van der Waals surface area contributed by atoms with E-state index in [1.54, 1.807) is 0 Å². The molecule has 0 fully saturated rings. The van der Waals surface area contributed by atoms with Gasteiger partial charge in [0.2, 0.25) is 0 Å². The van der Waals surface area contributed by atoms with Crippen LogP contribution in [-0.4, -0.2) is 29.8 Å². The second-order valence-electron chi connectivity index (χ2n) is 8.08. The molecule has 0 heterocycles. The van der Waals surface area contributed by atoms with Gasteiger partial charge in [-0.05, 0) is 52.8 Å². The van der Waals surface area contributed by atoms with Crippen LogP contribution in [0.2, 0.25) is 0 Å². The summed E-state index contributed by atoms with van der Waals surface area (Å²) < 4.78 is 32.6. The van der Waals surface area contributed by atoms with Crippen LogP contribution in [0.1, 0.15) is 35.4 Å². The molecule has 3 aromatic rings. The van der Waals surface area contributed by atoms with Gasteiger partial charge in [-0.25, -0.2) is 13.6 Å². The minimum absolute atomic E-state index is 0.0756. The van der Waals surface area contributed by atoms with E-state index in [1.165, 1.54) is 0 Å². The first-order valence-corrected chi connectivity index (χ1v) is 10.7. The van der Waals surface area contributed by atoms with E-state index in [0.717, 1.165) is 40.5 Å². The van der Waals surface area contributed by atoms with Crippen molar-refractivity contribution in [3.05, 3.63) is 95.1 Å². The summed E-state index contributed by atoms with van der Waals surface area (Å²) in [6.45, 7) is 0.111. The van der Waals surface area contributed by atoms with Gasteiger partial charge < -0.3 is 15.2 Å². The minimum atomic E-state index is -1.03. The largest absolute Gasteiger partial charge is 0.481 e. The molecule has 1 aliphatic rings. The molecule has 0 aliphatic heterocycles. The molecule has 1 aliphatic carbocycles. The highest BCUT2D eigenvalue weighted by molar-refractivity contribution is 5.79. The van der Waals surface area contributed by atoms with Gasteiger partial charge in [-0.15, -0.1) is 0 Å². The van der Waals surface area contributed by atoms with E-state index >= 15 is 0 Å². The van der Waals surface area contributed by atoms with Gasteiger partial charge in [-0.1, -0.05) is 48.5 Å². The monoisotopic (exact) mass is 451 g/mol. The van der Waals surface area contributed by atoms with Gasteiger partial charge >= 0.3 is 12.1 Å².